The fourth-order valence-electron chi connectivity index (χ4n) is 0. The first-order chi connectivity index (χ1) is 3.83. The van der Waals surface area contributed by atoms with Crippen LogP contribution in [0.4, 0.5) is 4.72 Å². The predicted octanol–water partition coefficient (Wildman–Crippen LogP) is 1.36. The van der Waals surface area contributed by atoms with E-state index >= 15 is 0 Å². The summed E-state index contributed by atoms with van der Waals surface area (Å²) in [7, 11) is 0. The molecule has 0 aliphatic carbocycles. The number of carbonyl (C=O) groups excluding carboxylic acids is 3. The van der Waals surface area contributed by atoms with Crippen molar-refractivity contribution in [3.8, 4) is 0 Å². The number of rotatable bonds is 0. The third-order valence-corrected chi connectivity index (χ3v) is 0. The maximum absolute atomic E-state index is 8.75. The van der Waals surface area contributed by atoms with E-state index < -0.39 is 6.47 Å². The van der Waals surface area contributed by atoms with Crippen LogP contribution in [0.2, 0.25) is 0 Å². The fourth-order valence-corrected chi connectivity index (χ4v) is 0. The van der Waals surface area contributed by atoms with E-state index in [0.717, 1.165) is 0 Å². The van der Waals surface area contributed by atoms with Gasteiger partial charge < -0.3 is 9.90 Å². The van der Waals surface area contributed by atoms with Gasteiger partial charge in [0.25, 0.3) is 1.45 Å². The Morgan fingerprint density at radius 3 is 1.17 bits per heavy atom. The summed E-state index contributed by atoms with van der Waals surface area (Å²) in [5.41, 5.74) is 0. The summed E-state index contributed by atoms with van der Waals surface area (Å²) in [4.78, 5) is 24.5. The van der Waals surface area contributed by atoms with Gasteiger partial charge in [-0.2, -0.15) is 9.59 Å². The second-order valence-electron chi connectivity index (χ2n) is 0.180. The van der Waals surface area contributed by atoms with Crippen molar-refractivity contribution >= 4 is 12.6 Å². The zero-order valence-electron chi connectivity index (χ0n) is 4.09. The lowest BCUT2D eigenvalue weighted by Crippen LogP contribution is -2.01. The van der Waals surface area contributed by atoms with E-state index in [1.807, 2.05) is 0 Å². The quantitative estimate of drug-likeness (QED) is 0.543. The molecule has 0 radical (unpaired) electrons. The molecule has 0 heterocycles. The van der Waals surface area contributed by atoms with Crippen LogP contribution in [0.15, 0.2) is 0 Å². The van der Waals surface area contributed by atoms with Gasteiger partial charge in [-0.15, -0.1) is 0 Å². The third-order valence-electron chi connectivity index (χ3n) is 0. The molecular formula is C7H24FO4-. The average Bonchev–Trinajstić information content (AvgIpc) is 1.75. The second-order valence-corrected chi connectivity index (χ2v) is 0.180. The predicted molar refractivity (Wildman–Crippen MR) is 49.3 cm³/mol. The Morgan fingerprint density at radius 1 is 1.17 bits per heavy atom. The zero-order valence-corrected chi connectivity index (χ0v) is 3.09. The SMILES string of the molecule is C.C.C.C.C.O=C=O.O=C[O-].[2H]F.[HH]. The van der Waals surface area contributed by atoms with Gasteiger partial charge >= 0.3 is 6.15 Å². The van der Waals surface area contributed by atoms with Crippen molar-refractivity contribution in [1.29, 1.82) is 1.45 Å². The smallest absolute Gasteiger partial charge is 0.373 e. The Morgan fingerprint density at radius 2 is 1.17 bits per heavy atom. The van der Waals surface area contributed by atoms with Crippen molar-refractivity contribution in [2.24, 2.45) is 0 Å². The Hall–Kier alpha value is -1.22. The number of hydrogen-bond donors (Lipinski definition) is 0. The van der Waals surface area contributed by atoms with Crippen molar-refractivity contribution in [3.63, 3.8) is 0 Å². The highest BCUT2D eigenvalue weighted by Crippen LogP contribution is 0.787. The molecule has 0 aromatic heterocycles. The monoisotopic (exact) mass is 192 g/mol. The molecule has 0 fully saturated rings. The highest BCUT2D eigenvalue weighted by atomic mass is 19.0. The van der Waals surface area contributed by atoms with Crippen LogP contribution < -0.4 is 5.11 Å². The molecule has 84 valence electrons. The van der Waals surface area contributed by atoms with E-state index in [0.29, 0.717) is 0 Å². The number of halogens is 1. The Balaban J connectivity index is -0.00000000319. The number of hydrogen-bond acceptors (Lipinski definition) is 4. The Kier molecular flexibility index (Phi) is 7450. The summed E-state index contributed by atoms with van der Waals surface area (Å²) >= 11 is 0. The van der Waals surface area contributed by atoms with Crippen LogP contribution in [0.3, 0.4) is 0 Å². The average molecular weight is 192 g/mol. The van der Waals surface area contributed by atoms with Crippen molar-refractivity contribution in [3.05, 3.63) is 0 Å². The van der Waals surface area contributed by atoms with Gasteiger partial charge in [-0.1, -0.05) is 37.1 Å². The number of carboxylic acid groups (broad SMARTS) is 1. The van der Waals surface area contributed by atoms with Gasteiger partial charge in [-0.3, -0.25) is 4.72 Å². The molecule has 0 amide bonds. The normalized spacial score (nSPS) is 2.25. The topological polar surface area (TPSA) is 74.3 Å². The summed E-state index contributed by atoms with van der Waals surface area (Å²) < 4.78 is 13.0. The maximum atomic E-state index is 8.75. The van der Waals surface area contributed by atoms with Crippen molar-refractivity contribution < 1.29 is 25.6 Å². The first-order valence-corrected chi connectivity index (χ1v) is 0.880. The van der Waals surface area contributed by atoms with Crippen LogP contribution in [-0.2, 0) is 14.4 Å². The second kappa shape index (κ2) is 1240. The molecule has 0 rings (SSSR count). The lowest BCUT2D eigenvalue weighted by atomic mass is 11.7. The lowest BCUT2D eigenvalue weighted by molar-refractivity contribution is -0.283. The molecular weight excluding hydrogens is 167 g/mol. The molecule has 12 heavy (non-hydrogen) atoms. The van der Waals surface area contributed by atoms with E-state index in [4.69, 9.17) is 24.2 Å². The summed E-state index contributed by atoms with van der Waals surface area (Å²) in [6.45, 7) is -0.500. The standard InChI is InChI=1S/CH2O2.CO2.5CH4.FH.H2/c2*2-1-3;;;;;;;/h1H,(H,2,3);;5*1H4;2*1H/p-1/i/hD. The molecule has 0 saturated heterocycles. The highest BCUT2D eigenvalue weighted by molar-refractivity contribution is 5.29. The molecule has 0 bridgehead atoms. The van der Waals surface area contributed by atoms with Gasteiger partial charge in [-0.25, -0.2) is 0 Å². The minimum atomic E-state index is -0.500. The van der Waals surface area contributed by atoms with Crippen molar-refractivity contribution in [1.82, 2.24) is 0 Å². The van der Waals surface area contributed by atoms with Crippen LogP contribution in [0.5, 0.6) is 0 Å². The van der Waals surface area contributed by atoms with Gasteiger partial charge in [0, 0.05) is 7.90 Å². The minimum absolute atomic E-state index is 0. The van der Waals surface area contributed by atoms with Crippen LogP contribution in [0, 0.1) is 0 Å². The van der Waals surface area contributed by atoms with Gasteiger partial charge in [0.2, 0.25) is 0 Å². The van der Waals surface area contributed by atoms with E-state index in [2.05, 4.69) is 1.45 Å². The van der Waals surface area contributed by atoms with Gasteiger partial charge in [-0.05, 0) is 0 Å². The van der Waals surface area contributed by atoms with Crippen LogP contribution >= 0.6 is 0 Å². The molecule has 0 atom stereocenters. The largest absolute Gasteiger partial charge is 0.554 e. The van der Waals surface area contributed by atoms with Gasteiger partial charge in [0.05, 0.1) is 0 Å². The van der Waals surface area contributed by atoms with Crippen LogP contribution in [0.1, 0.15) is 38.6 Å². The Labute approximate surface area is 78.0 Å². The maximum Gasteiger partial charge on any atom is 0.373 e. The molecule has 0 unspecified atom stereocenters. The summed E-state index contributed by atoms with van der Waals surface area (Å²) in [5, 5.41) is 8.25. The highest BCUT2D eigenvalue weighted by Gasteiger charge is 1.13. The zero-order chi connectivity index (χ0) is 7.41. The summed E-state index contributed by atoms with van der Waals surface area (Å²) in [6.07, 6.45) is 0.250. The lowest BCUT2D eigenvalue weighted by Gasteiger charge is -1.52. The van der Waals surface area contributed by atoms with E-state index in [1.54, 1.807) is 0 Å². The molecule has 0 saturated carbocycles. The van der Waals surface area contributed by atoms with Gasteiger partial charge in [0.15, 0.2) is 0 Å². The summed E-state index contributed by atoms with van der Waals surface area (Å²) in [5.74, 6) is 0. The molecule has 5 heteroatoms. The van der Waals surface area contributed by atoms with E-state index in [1.165, 1.54) is 0 Å². The first kappa shape index (κ1) is 72.2. The molecule has 0 aliphatic rings. The molecule has 4 nitrogen and oxygen atoms in total. The minimum Gasteiger partial charge on any atom is -0.554 e. The third kappa shape index (κ3) is 357. The molecule has 0 N–H and O–H groups in total. The van der Waals surface area contributed by atoms with Crippen molar-refractivity contribution in [2.45, 2.75) is 37.1 Å². The molecule has 0 spiro atoms. The van der Waals surface area contributed by atoms with Crippen molar-refractivity contribution in [2.75, 3.05) is 0 Å². The molecule has 0 aromatic carbocycles. The number of carbonyl (C=O) groups is 1. The van der Waals surface area contributed by atoms with Crippen LogP contribution in [0.25, 0.3) is 0 Å². The van der Waals surface area contributed by atoms with E-state index in [-0.39, 0.29) is 44.7 Å². The van der Waals surface area contributed by atoms with E-state index in [9.17, 15) is 0 Å². The first-order valence-electron chi connectivity index (χ1n) is 1.26. The molecule has 0 aromatic rings. The molecule has 0 aliphatic heterocycles. The van der Waals surface area contributed by atoms with Gasteiger partial charge in [0.1, 0.15) is 0 Å². The summed E-state index contributed by atoms with van der Waals surface area (Å²) in [6, 6.07) is 0. The fraction of sp³-hybridized carbons (Fsp3) is 0.714. The van der Waals surface area contributed by atoms with Crippen LogP contribution in [-0.4, -0.2) is 14.1 Å². The Bertz CT molecular complexity index is 68.7.